The monoisotopic (exact) mass is 395 g/mol. The van der Waals surface area contributed by atoms with Gasteiger partial charge in [-0.25, -0.2) is 10.4 Å². The Morgan fingerprint density at radius 3 is 2.57 bits per heavy atom. The molecule has 0 aliphatic rings. The zero-order valence-electron chi connectivity index (χ0n) is 16.1. The number of hydrazone groups is 1. The number of para-hydroxylation sites is 1. The standard InChI is InChI=1S/C21H21N3O3S/c1-12-9-15(10-13(2)18(12)25)11-22-24-20(26)19-14(3)23-21(28-19)16-7-5-6-8-17(16)27-4/h5-11,25H,1-4H3,(H,24,26)/b22-11+. The highest BCUT2D eigenvalue weighted by Gasteiger charge is 2.17. The number of nitrogens with one attached hydrogen (secondary N) is 1. The van der Waals surface area contributed by atoms with Crippen molar-refractivity contribution in [2.75, 3.05) is 7.11 Å². The maximum atomic E-state index is 12.5. The molecule has 0 spiro atoms. The van der Waals surface area contributed by atoms with E-state index in [1.807, 2.05) is 38.1 Å². The molecule has 1 amide bonds. The highest BCUT2D eigenvalue weighted by Crippen LogP contribution is 2.34. The number of methoxy groups -OCH3 is 1. The molecule has 2 aromatic carbocycles. The predicted molar refractivity (Wildman–Crippen MR) is 111 cm³/mol. The van der Waals surface area contributed by atoms with E-state index in [4.69, 9.17) is 4.74 Å². The van der Waals surface area contributed by atoms with Crippen LogP contribution < -0.4 is 10.2 Å². The van der Waals surface area contributed by atoms with E-state index in [1.165, 1.54) is 11.3 Å². The molecule has 0 aliphatic heterocycles. The fourth-order valence-electron chi connectivity index (χ4n) is 2.82. The van der Waals surface area contributed by atoms with Crippen LogP contribution in [0.1, 0.15) is 32.1 Å². The van der Waals surface area contributed by atoms with Gasteiger partial charge in [-0.1, -0.05) is 12.1 Å². The number of thiazole rings is 1. The lowest BCUT2D eigenvalue weighted by Crippen LogP contribution is -2.17. The largest absolute Gasteiger partial charge is 0.507 e. The number of aryl methyl sites for hydroxylation is 3. The van der Waals surface area contributed by atoms with Crippen molar-refractivity contribution in [2.45, 2.75) is 20.8 Å². The normalized spacial score (nSPS) is 11.0. The van der Waals surface area contributed by atoms with Gasteiger partial charge < -0.3 is 9.84 Å². The summed E-state index contributed by atoms with van der Waals surface area (Å²) >= 11 is 1.29. The summed E-state index contributed by atoms with van der Waals surface area (Å²) in [6.45, 7) is 5.43. The van der Waals surface area contributed by atoms with Gasteiger partial charge in [0, 0.05) is 0 Å². The van der Waals surface area contributed by atoms with Crippen molar-refractivity contribution in [1.82, 2.24) is 10.4 Å². The van der Waals surface area contributed by atoms with Crippen molar-refractivity contribution in [3.8, 4) is 22.1 Å². The Bertz CT molecular complexity index is 1030. The third-order valence-electron chi connectivity index (χ3n) is 4.23. The first-order valence-corrected chi connectivity index (χ1v) is 9.46. The number of phenols is 1. The molecule has 7 heteroatoms. The van der Waals surface area contributed by atoms with E-state index < -0.39 is 0 Å². The van der Waals surface area contributed by atoms with E-state index in [0.29, 0.717) is 21.3 Å². The van der Waals surface area contributed by atoms with Crippen LogP contribution in [-0.4, -0.2) is 29.3 Å². The van der Waals surface area contributed by atoms with Crippen molar-refractivity contribution >= 4 is 23.5 Å². The van der Waals surface area contributed by atoms with Crippen molar-refractivity contribution < 1.29 is 14.6 Å². The fourth-order valence-corrected chi connectivity index (χ4v) is 3.81. The molecule has 28 heavy (non-hydrogen) atoms. The van der Waals surface area contributed by atoms with Crippen molar-refractivity contribution in [3.05, 3.63) is 63.7 Å². The predicted octanol–water partition coefficient (Wildman–Crippen LogP) is 4.21. The summed E-state index contributed by atoms with van der Waals surface area (Å²) in [5.41, 5.74) is 6.33. The Hall–Kier alpha value is -3.19. The Morgan fingerprint density at radius 2 is 1.89 bits per heavy atom. The number of phenolic OH excluding ortho intramolecular Hbond substituents is 1. The third-order valence-corrected chi connectivity index (χ3v) is 5.42. The molecule has 0 atom stereocenters. The molecule has 144 valence electrons. The minimum Gasteiger partial charge on any atom is -0.507 e. The number of benzene rings is 2. The van der Waals surface area contributed by atoms with Gasteiger partial charge in [0.2, 0.25) is 0 Å². The third kappa shape index (κ3) is 4.04. The number of rotatable bonds is 5. The molecule has 0 fully saturated rings. The molecule has 0 saturated carbocycles. The Labute approximate surface area is 167 Å². The minimum atomic E-state index is -0.320. The van der Waals surface area contributed by atoms with Gasteiger partial charge in [0.25, 0.3) is 5.91 Å². The number of aromatic hydroxyl groups is 1. The summed E-state index contributed by atoms with van der Waals surface area (Å²) in [7, 11) is 1.61. The Kier molecular flexibility index (Phi) is 5.75. The molecule has 3 aromatic rings. The lowest BCUT2D eigenvalue weighted by molar-refractivity contribution is 0.0958. The molecule has 0 bridgehead atoms. The molecule has 0 unspecified atom stereocenters. The maximum absolute atomic E-state index is 12.5. The molecule has 3 rings (SSSR count). The number of nitrogens with zero attached hydrogens (tertiary/aromatic N) is 2. The molecule has 6 nitrogen and oxygen atoms in total. The first-order chi connectivity index (χ1) is 13.4. The van der Waals surface area contributed by atoms with Gasteiger partial charge in [-0.2, -0.15) is 5.10 Å². The second kappa shape index (κ2) is 8.22. The average molecular weight is 395 g/mol. The number of aromatic nitrogens is 1. The molecule has 1 heterocycles. The minimum absolute atomic E-state index is 0.269. The molecule has 1 aromatic heterocycles. The summed E-state index contributed by atoms with van der Waals surface area (Å²) in [6, 6.07) is 11.2. The van der Waals surface area contributed by atoms with Crippen LogP contribution in [0.4, 0.5) is 0 Å². The van der Waals surface area contributed by atoms with Crippen molar-refractivity contribution in [2.24, 2.45) is 5.10 Å². The summed E-state index contributed by atoms with van der Waals surface area (Å²) in [6.07, 6.45) is 1.55. The van der Waals surface area contributed by atoms with Gasteiger partial charge in [0.15, 0.2) is 0 Å². The first-order valence-electron chi connectivity index (χ1n) is 8.65. The average Bonchev–Trinajstić information content (AvgIpc) is 3.07. The van der Waals surface area contributed by atoms with Crippen LogP contribution in [0.3, 0.4) is 0 Å². The lowest BCUT2D eigenvalue weighted by Gasteiger charge is -2.04. The van der Waals surface area contributed by atoms with Crippen LogP contribution in [0.25, 0.3) is 10.6 Å². The van der Waals surface area contributed by atoms with Gasteiger partial charge >= 0.3 is 0 Å². The van der Waals surface area contributed by atoms with Gasteiger partial charge in [0.1, 0.15) is 21.4 Å². The second-order valence-electron chi connectivity index (χ2n) is 6.34. The van der Waals surface area contributed by atoms with Crippen LogP contribution in [0.5, 0.6) is 11.5 Å². The van der Waals surface area contributed by atoms with Gasteiger partial charge in [-0.3, -0.25) is 4.79 Å². The molecule has 0 saturated heterocycles. The summed E-state index contributed by atoms with van der Waals surface area (Å²) in [5, 5.41) is 14.6. The number of ether oxygens (including phenoxy) is 1. The molecular weight excluding hydrogens is 374 g/mol. The van der Waals surface area contributed by atoms with Crippen molar-refractivity contribution in [3.63, 3.8) is 0 Å². The SMILES string of the molecule is COc1ccccc1-c1nc(C)c(C(=O)N/N=C/c2cc(C)c(O)c(C)c2)s1. The fraction of sp³-hybridized carbons (Fsp3) is 0.190. The molecular formula is C21H21N3O3S. The Balaban J connectivity index is 1.78. The highest BCUT2D eigenvalue weighted by atomic mass is 32.1. The Morgan fingerprint density at radius 1 is 1.21 bits per heavy atom. The zero-order valence-corrected chi connectivity index (χ0v) is 16.9. The molecule has 0 aliphatic carbocycles. The summed E-state index contributed by atoms with van der Waals surface area (Å²) in [4.78, 5) is 17.5. The van der Waals surface area contributed by atoms with Gasteiger partial charge in [-0.15, -0.1) is 11.3 Å². The number of carbonyl (C=O) groups is 1. The number of amides is 1. The molecule has 2 N–H and O–H groups in total. The van der Waals surface area contributed by atoms with Crippen LogP contribution in [0.15, 0.2) is 41.5 Å². The lowest BCUT2D eigenvalue weighted by atomic mass is 10.1. The maximum Gasteiger partial charge on any atom is 0.283 e. The number of hydrogen-bond donors (Lipinski definition) is 2. The van der Waals surface area contributed by atoms with E-state index >= 15 is 0 Å². The van der Waals surface area contributed by atoms with E-state index in [0.717, 1.165) is 22.3 Å². The van der Waals surface area contributed by atoms with Crippen LogP contribution in [0, 0.1) is 20.8 Å². The smallest absolute Gasteiger partial charge is 0.283 e. The van der Waals surface area contributed by atoms with E-state index in [2.05, 4.69) is 15.5 Å². The van der Waals surface area contributed by atoms with E-state index in [-0.39, 0.29) is 11.7 Å². The van der Waals surface area contributed by atoms with Gasteiger partial charge in [0.05, 0.1) is 24.6 Å². The quantitative estimate of drug-likeness (QED) is 0.501. The van der Waals surface area contributed by atoms with Crippen LogP contribution in [-0.2, 0) is 0 Å². The van der Waals surface area contributed by atoms with Crippen LogP contribution >= 0.6 is 11.3 Å². The zero-order chi connectivity index (χ0) is 20.3. The van der Waals surface area contributed by atoms with E-state index in [1.54, 1.807) is 32.4 Å². The number of carbonyl (C=O) groups excluding carboxylic acids is 1. The topological polar surface area (TPSA) is 83.8 Å². The van der Waals surface area contributed by atoms with E-state index in [9.17, 15) is 9.90 Å². The first kappa shape index (κ1) is 19.6. The molecule has 0 radical (unpaired) electrons. The number of hydrogen-bond acceptors (Lipinski definition) is 6. The van der Waals surface area contributed by atoms with Gasteiger partial charge in [-0.05, 0) is 61.7 Å². The van der Waals surface area contributed by atoms with Crippen LogP contribution in [0.2, 0.25) is 0 Å². The summed E-state index contributed by atoms with van der Waals surface area (Å²) in [5.74, 6) is 0.657. The van der Waals surface area contributed by atoms with Crippen molar-refractivity contribution in [1.29, 1.82) is 0 Å². The summed E-state index contributed by atoms with van der Waals surface area (Å²) < 4.78 is 5.38. The second-order valence-corrected chi connectivity index (χ2v) is 7.34. The highest BCUT2D eigenvalue weighted by molar-refractivity contribution is 7.17.